The van der Waals surface area contributed by atoms with Crippen molar-refractivity contribution in [2.75, 3.05) is 43.6 Å². The molecule has 0 radical (unpaired) electrons. The fourth-order valence-electron chi connectivity index (χ4n) is 2.72. The van der Waals surface area contributed by atoms with Crippen LogP contribution in [0.15, 0.2) is 48.5 Å². The number of amides is 1. The number of carbonyl (C=O) groups is 1. The molecule has 3 rings (SSSR count). The van der Waals surface area contributed by atoms with Crippen LogP contribution in [0.3, 0.4) is 0 Å². The molecule has 1 saturated heterocycles. The van der Waals surface area contributed by atoms with E-state index in [9.17, 15) is 4.79 Å². The van der Waals surface area contributed by atoms with Crippen molar-refractivity contribution in [3.05, 3.63) is 59.1 Å². The van der Waals surface area contributed by atoms with Crippen molar-refractivity contribution < 1.29 is 14.3 Å². The molecule has 0 atom stereocenters. The highest BCUT2D eigenvalue weighted by Crippen LogP contribution is 2.29. The van der Waals surface area contributed by atoms with Crippen LogP contribution in [-0.2, 0) is 9.53 Å². The molecule has 0 unspecified atom stereocenters. The lowest BCUT2D eigenvalue weighted by molar-refractivity contribution is -0.111. The second-order valence-corrected chi connectivity index (χ2v) is 6.27. The van der Waals surface area contributed by atoms with Gasteiger partial charge in [0.2, 0.25) is 5.91 Å². The van der Waals surface area contributed by atoms with Gasteiger partial charge in [0.15, 0.2) is 0 Å². The summed E-state index contributed by atoms with van der Waals surface area (Å²) in [6, 6.07) is 13.0. The normalized spacial score (nSPS) is 14.5. The van der Waals surface area contributed by atoms with E-state index in [1.54, 1.807) is 19.3 Å². The van der Waals surface area contributed by atoms with E-state index >= 15 is 0 Å². The Morgan fingerprint density at radius 3 is 2.58 bits per heavy atom. The molecule has 1 amide bonds. The topological polar surface area (TPSA) is 50.8 Å². The number of rotatable bonds is 5. The van der Waals surface area contributed by atoms with Crippen molar-refractivity contribution in [1.29, 1.82) is 0 Å². The van der Waals surface area contributed by atoms with E-state index in [0.717, 1.165) is 30.1 Å². The first-order valence-electron chi connectivity index (χ1n) is 8.41. The molecule has 1 aliphatic heterocycles. The number of halogens is 1. The van der Waals surface area contributed by atoms with Gasteiger partial charge in [-0.1, -0.05) is 23.7 Å². The summed E-state index contributed by atoms with van der Waals surface area (Å²) in [5.74, 6) is 0.567. The van der Waals surface area contributed by atoms with Crippen LogP contribution < -0.4 is 15.0 Å². The van der Waals surface area contributed by atoms with Crippen LogP contribution in [-0.4, -0.2) is 39.3 Å². The third-order valence-electron chi connectivity index (χ3n) is 4.11. The van der Waals surface area contributed by atoms with Crippen LogP contribution in [0.1, 0.15) is 5.56 Å². The van der Waals surface area contributed by atoms with Gasteiger partial charge in [-0.25, -0.2) is 0 Å². The van der Waals surface area contributed by atoms with Crippen LogP contribution in [0.2, 0.25) is 5.02 Å². The molecule has 1 N–H and O–H groups in total. The summed E-state index contributed by atoms with van der Waals surface area (Å²) in [5, 5.41) is 3.44. The number of hydrogen-bond donors (Lipinski definition) is 1. The number of methoxy groups -OCH3 is 1. The fraction of sp³-hybridized carbons (Fsp3) is 0.250. The average molecular weight is 373 g/mol. The Labute approximate surface area is 158 Å². The Morgan fingerprint density at radius 1 is 1.19 bits per heavy atom. The van der Waals surface area contributed by atoms with Crippen LogP contribution >= 0.6 is 11.6 Å². The van der Waals surface area contributed by atoms with Crippen LogP contribution in [0.5, 0.6) is 5.75 Å². The standard InChI is InChI=1S/C20H21ClN2O3/c1-25-17-6-2-15(3-7-17)4-9-20(24)22-16-5-8-19(18(21)14-16)23-10-12-26-13-11-23/h2-9,14H,10-13H2,1H3,(H,22,24)/b9-4+. The lowest BCUT2D eigenvalue weighted by Gasteiger charge is -2.29. The highest BCUT2D eigenvalue weighted by Gasteiger charge is 2.14. The zero-order valence-electron chi connectivity index (χ0n) is 14.6. The molecule has 6 heteroatoms. The van der Waals surface area contributed by atoms with E-state index in [0.29, 0.717) is 23.9 Å². The first-order valence-corrected chi connectivity index (χ1v) is 8.79. The van der Waals surface area contributed by atoms with Gasteiger partial charge >= 0.3 is 0 Å². The molecule has 136 valence electrons. The van der Waals surface area contributed by atoms with E-state index in [1.807, 2.05) is 36.4 Å². The molecule has 1 heterocycles. The van der Waals surface area contributed by atoms with Gasteiger partial charge in [-0.15, -0.1) is 0 Å². The molecule has 0 aromatic heterocycles. The molecular weight excluding hydrogens is 352 g/mol. The van der Waals surface area contributed by atoms with Gasteiger partial charge in [-0.3, -0.25) is 4.79 Å². The Hall–Kier alpha value is -2.50. The van der Waals surface area contributed by atoms with E-state index in [-0.39, 0.29) is 5.91 Å². The largest absolute Gasteiger partial charge is 0.497 e. The SMILES string of the molecule is COc1ccc(/C=C/C(=O)Nc2ccc(N3CCOCC3)c(Cl)c2)cc1. The predicted molar refractivity (Wildman–Crippen MR) is 105 cm³/mol. The average Bonchev–Trinajstić information content (AvgIpc) is 2.67. The van der Waals surface area contributed by atoms with Gasteiger partial charge in [-0.2, -0.15) is 0 Å². The maximum absolute atomic E-state index is 12.1. The van der Waals surface area contributed by atoms with Crippen LogP contribution in [0.4, 0.5) is 11.4 Å². The number of morpholine rings is 1. The van der Waals surface area contributed by atoms with Gasteiger partial charge in [0, 0.05) is 24.9 Å². The first-order chi connectivity index (χ1) is 12.7. The highest BCUT2D eigenvalue weighted by molar-refractivity contribution is 6.33. The minimum absolute atomic E-state index is 0.212. The van der Waals surface area contributed by atoms with Crippen molar-refractivity contribution >= 4 is 35.0 Å². The number of ether oxygens (including phenoxy) is 2. The molecule has 5 nitrogen and oxygen atoms in total. The molecular formula is C20H21ClN2O3. The summed E-state index contributed by atoms with van der Waals surface area (Å²) >= 11 is 6.38. The Kier molecular flexibility index (Phi) is 6.15. The Bertz CT molecular complexity index is 784. The van der Waals surface area contributed by atoms with E-state index in [4.69, 9.17) is 21.1 Å². The summed E-state index contributed by atoms with van der Waals surface area (Å²) in [6.45, 7) is 3.03. The summed E-state index contributed by atoms with van der Waals surface area (Å²) in [4.78, 5) is 14.3. The predicted octanol–water partition coefficient (Wildman–Crippen LogP) is 3.84. The number of anilines is 2. The lowest BCUT2D eigenvalue weighted by Crippen LogP contribution is -2.36. The smallest absolute Gasteiger partial charge is 0.248 e. The maximum Gasteiger partial charge on any atom is 0.248 e. The number of nitrogens with zero attached hydrogens (tertiary/aromatic N) is 1. The van der Waals surface area contributed by atoms with Crippen molar-refractivity contribution in [2.45, 2.75) is 0 Å². The highest BCUT2D eigenvalue weighted by atomic mass is 35.5. The van der Waals surface area contributed by atoms with Gasteiger partial charge in [-0.05, 0) is 42.0 Å². The van der Waals surface area contributed by atoms with Crippen molar-refractivity contribution in [1.82, 2.24) is 0 Å². The minimum atomic E-state index is -0.212. The molecule has 2 aromatic rings. The van der Waals surface area contributed by atoms with Gasteiger partial charge in [0.05, 0.1) is 31.0 Å². The van der Waals surface area contributed by atoms with Crippen LogP contribution in [0.25, 0.3) is 6.08 Å². The summed E-state index contributed by atoms with van der Waals surface area (Å²) in [6.07, 6.45) is 3.24. The third-order valence-corrected chi connectivity index (χ3v) is 4.41. The van der Waals surface area contributed by atoms with E-state index in [1.165, 1.54) is 6.08 Å². The number of hydrogen-bond acceptors (Lipinski definition) is 4. The van der Waals surface area contributed by atoms with Gasteiger partial charge in [0.1, 0.15) is 5.75 Å². The third kappa shape index (κ3) is 4.77. The fourth-order valence-corrected chi connectivity index (χ4v) is 3.02. The molecule has 1 aliphatic rings. The Morgan fingerprint density at radius 2 is 1.92 bits per heavy atom. The molecule has 0 spiro atoms. The number of carbonyl (C=O) groups excluding carboxylic acids is 1. The van der Waals surface area contributed by atoms with Crippen molar-refractivity contribution in [2.24, 2.45) is 0 Å². The van der Waals surface area contributed by atoms with E-state index in [2.05, 4.69) is 10.2 Å². The van der Waals surface area contributed by atoms with E-state index < -0.39 is 0 Å². The molecule has 0 aliphatic carbocycles. The maximum atomic E-state index is 12.1. The summed E-state index contributed by atoms with van der Waals surface area (Å²) in [5.41, 5.74) is 2.54. The Balaban J connectivity index is 1.61. The monoisotopic (exact) mass is 372 g/mol. The zero-order chi connectivity index (χ0) is 18.4. The molecule has 26 heavy (non-hydrogen) atoms. The molecule has 1 fully saturated rings. The molecule has 0 saturated carbocycles. The minimum Gasteiger partial charge on any atom is -0.497 e. The number of nitrogens with one attached hydrogen (secondary N) is 1. The van der Waals surface area contributed by atoms with Crippen molar-refractivity contribution in [3.8, 4) is 5.75 Å². The molecule has 2 aromatic carbocycles. The number of benzene rings is 2. The first kappa shape index (κ1) is 18.3. The van der Waals surface area contributed by atoms with Gasteiger partial charge < -0.3 is 19.7 Å². The van der Waals surface area contributed by atoms with Crippen molar-refractivity contribution in [3.63, 3.8) is 0 Å². The lowest BCUT2D eigenvalue weighted by atomic mass is 10.2. The van der Waals surface area contributed by atoms with Crippen LogP contribution in [0, 0.1) is 0 Å². The zero-order valence-corrected chi connectivity index (χ0v) is 15.3. The van der Waals surface area contributed by atoms with Gasteiger partial charge in [0.25, 0.3) is 0 Å². The quantitative estimate of drug-likeness (QED) is 0.810. The molecule has 0 bridgehead atoms. The summed E-state index contributed by atoms with van der Waals surface area (Å²) < 4.78 is 10.5. The second-order valence-electron chi connectivity index (χ2n) is 5.86. The summed E-state index contributed by atoms with van der Waals surface area (Å²) in [7, 11) is 1.62. The second kappa shape index (κ2) is 8.74.